The molecule has 0 saturated carbocycles. The molecule has 4 heterocycles. The molecular weight excluding hydrogens is 942 g/mol. The molecule has 0 aliphatic carbocycles. The number of carbonyl (C=O) groups is 2. The highest BCUT2D eigenvalue weighted by molar-refractivity contribution is 8.54. The Kier molecular flexibility index (Phi) is 13.7. The summed E-state index contributed by atoms with van der Waals surface area (Å²) in [7, 11) is 0. The number of nitrogens with zero attached hydrogens (tertiary/aromatic N) is 6. The summed E-state index contributed by atoms with van der Waals surface area (Å²) in [6.07, 6.45) is -2.40. The fourth-order valence-electron chi connectivity index (χ4n) is 8.75. The lowest BCUT2D eigenvalue weighted by molar-refractivity contribution is -0.115. The van der Waals surface area contributed by atoms with Crippen LogP contribution in [0.15, 0.2) is 176 Å². The summed E-state index contributed by atoms with van der Waals surface area (Å²) in [5, 5.41) is 12.0. The van der Waals surface area contributed by atoms with Gasteiger partial charge in [-0.15, -0.1) is 0 Å². The molecule has 2 aliphatic heterocycles. The standard InChI is InChI=1S/C53H44N7O9PS/c54-30-17-31-71-70(63,64)69-44-33-47(67-45(44)34-65-53(37-20-7-2-8-21-37)40-26-13-15-28-42(40)66-43-29-16-14-27-41(43)53)59-35-55-48-49(59)57-51(56-46(61)32-36-18-5-1-6-19-36)58-50(48)68-52(62)60(38-22-9-3-10-23-38)39-24-11-4-12-25-39/h1-16,18-29,35,44-45,47H,17,31-34H2,(H,63,64)(H,56,57,58,61)/t44-,45+,47+/m0/s1. The molecule has 2 N–H and O–H groups in total. The SMILES string of the molecule is N#CCCSP(=O)(O)O[C@H]1C[C@H](n2cnc3c(OC(=O)N(c4ccccc4)c4ccccc4)nc(NC(=O)Cc4ccccc4)nc32)O[C@@H]1COC1(c2ccccc2)c2ccccc2Oc2ccccc21. The maximum absolute atomic E-state index is 14.4. The molecule has 8 aromatic rings. The molecule has 356 valence electrons. The van der Waals surface area contributed by atoms with E-state index in [2.05, 4.69) is 15.3 Å². The molecular formula is C53H44N7O9PS. The summed E-state index contributed by atoms with van der Waals surface area (Å²) in [4.78, 5) is 54.4. The van der Waals surface area contributed by atoms with Crippen LogP contribution >= 0.6 is 18.2 Å². The molecule has 1 fully saturated rings. The molecule has 10 rings (SSSR count). The second-order valence-corrected chi connectivity index (χ2v) is 20.4. The minimum Gasteiger partial charge on any atom is -0.457 e. The largest absolute Gasteiger partial charge is 0.457 e. The number of fused-ring (bicyclic) bond motifs is 3. The zero-order valence-electron chi connectivity index (χ0n) is 37.8. The fraction of sp³-hybridized carbons (Fsp3) is 0.170. The zero-order chi connectivity index (χ0) is 48.8. The van der Waals surface area contributed by atoms with Gasteiger partial charge in [0.25, 0.3) is 5.88 Å². The van der Waals surface area contributed by atoms with Crippen LogP contribution in [0.5, 0.6) is 17.4 Å². The van der Waals surface area contributed by atoms with Gasteiger partial charge in [0.15, 0.2) is 16.8 Å². The minimum absolute atomic E-state index is 0.00199. The number of aromatic nitrogens is 4. The summed E-state index contributed by atoms with van der Waals surface area (Å²) in [6.45, 7) is -4.55. The van der Waals surface area contributed by atoms with Crippen LogP contribution in [0, 0.1) is 11.3 Å². The van der Waals surface area contributed by atoms with E-state index in [4.69, 9.17) is 28.5 Å². The van der Waals surface area contributed by atoms with Crippen LogP contribution in [0.25, 0.3) is 11.2 Å². The second kappa shape index (κ2) is 20.7. The third-order valence-electron chi connectivity index (χ3n) is 11.9. The molecule has 1 saturated heterocycles. The van der Waals surface area contributed by atoms with Crippen LogP contribution in [-0.4, -0.2) is 61.0 Å². The molecule has 71 heavy (non-hydrogen) atoms. The highest BCUT2D eigenvalue weighted by Gasteiger charge is 2.48. The predicted molar refractivity (Wildman–Crippen MR) is 266 cm³/mol. The van der Waals surface area contributed by atoms with E-state index in [0.717, 1.165) is 22.3 Å². The first kappa shape index (κ1) is 47.0. The average Bonchev–Trinajstić information content (AvgIpc) is 4.00. The Labute approximate surface area is 412 Å². The number of ether oxygens (including phenoxy) is 4. The lowest BCUT2D eigenvalue weighted by Crippen LogP contribution is -2.40. The number of hydrogen-bond donors (Lipinski definition) is 2. The van der Waals surface area contributed by atoms with Crippen molar-refractivity contribution in [1.82, 2.24) is 19.5 Å². The van der Waals surface area contributed by atoms with Gasteiger partial charge in [0.05, 0.1) is 36.8 Å². The van der Waals surface area contributed by atoms with Crippen molar-refractivity contribution < 1.29 is 42.5 Å². The predicted octanol–water partition coefficient (Wildman–Crippen LogP) is 10.9. The van der Waals surface area contributed by atoms with Crippen molar-refractivity contribution in [2.24, 2.45) is 0 Å². The summed E-state index contributed by atoms with van der Waals surface area (Å²) in [5.41, 5.74) is 2.97. The number of benzene rings is 6. The van der Waals surface area contributed by atoms with Crippen LogP contribution in [-0.2, 0) is 35.4 Å². The Hall–Kier alpha value is -7.68. The Bertz CT molecular complexity index is 3190. The Morgan fingerprint density at radius 2 is 1.42 bits per heavy atom. The van der Waals surface area contributed by atoms with E-state index in [1.54, 1.807) is 53.1 Å². The summed E-state index contributed by atoms with van der Waals surface area (Å²) in [5.74, 6) is 0.355. The van der Waals surface area contributed by atoms with E-state index in [1.807, 2.05) is 127 Å². The van der Waals surface area contributed by atoms with Gasteiger partial charge in [-0.25, -0.2) is 19.2 Å². The van der Waals surface area contributed by atoms with Crippen molar-refractivity contribution >= 4 is 58.7 Å². The van der Waals surface area contributed by atoms with Gasteiger partial charge in [-0.3, -0.25) is 19.2 Å². The van der Waals surface area contributed by atoms with Gasteiger partial charge in [-0.05, 0) is 58.9 Å². The van der Waals surface area contributed by atoms with Gasteiger partial charge in [0.1, 0.15) is 29.9 Å². The third-order valence-corrected chi connectivity index (χ3v) is 14.9. The Balaban J connectivity index is 1.03. The Morgan fingerprint density at radius 3 is 2.06 bits per heavy atom. The molecule has 2 aliphatic rings. The van der Waals surface area contributed by atoms with Gasteiger partial charge in [0.2, 0.25) is 11.9 Å². The van der Waals surface area contributed by atoms with Gasteiger partial charge in [-0.2, -0.15) is 15.2 Å². The van der Waals surface area contributed by atoms with E-state index in [1.165, 1.54) is 11.2 Å². The summed E-state index contributed by atoms with van der Waals surface area (Å²) in [6, 6.07) is 53.9. The summed E-state index contributed by atoms with van der Waals surface area (Å²) >= 11 is 0.653. The van der Waals surface area contributed by atoms with Crippen molar-refractivity contribution in [2.45, 2.75) is 43.3 Å². The number of amides is 2. The van der Waals surface area contributed by atoms with Crippen molar-refractivity contribution in [3.63, 3.8) is 0 Å². The van der Waals surface area contributed by atoms with E-state index < -0.39 is 42.8 Å². The summed E-state index contributed by atoms with van der Waals surface area (Å²) < 4.78 is 47.9. The first-order valence-electron chi connectivity index (χ1n) is 22.6. The first-order valence-corrected chi connectivity index (χ1v) is 25.8. The first-order chi connectivity index (χ1) is 34.7. The average molecular weight is 986 g/mol. The van der Waals surface area contributed by atoms with Crippen LogP contribution in [0.2, 0.25) is 0 Å². The van der Waals surface area contributed by atoms with Crippen LogP contribution in [0.4, 0.5) is 22.1 Å². The number of hydrogen-bond acceptors (Lipinski definition) is 13. The monoisotopic (exact) mass is 985 g/mol. The molecule has 1 unspecified atom stereocenters. The normalized spacial score (nSPS) is 17.4. The van der Waals surface area contributed by atoms with Gasteiger partial charge in [-0.1, -0.05) is 133 Å². The fourth-order valence-corrected chi connectivity index (χ4v) is 11.3. The van der Waals surface area contributed by atoms with Crippen LogP contribution in [0.1, 0.15) is 41.3 Å². The number of nitriles is 1. The maximum Gasteiger partial charge on any atom is 0.425 e. The van der Waals surface area contributed by atoms with Crippen LogP contribution < -0.4 is 19.7 Å². The quantitative estimate of drug-likeness (QED) is 0.0684. The van der Waals surface area contributed by atoms with Crippen molar-refractivity contribution in [3.8, 4) is 23.4 Å². The molecule has 2 aromatic heterocycles. The van der Waals surface area contributed by atoms with Gasteiger partial charge >= 0.3 is 12.9 Å². The molecule has 0 radical (unpaired) electrons. The number of carbonyl (C=O) groups excluding carboxylic acids is 2. The van der Waals surface area contributed by atoms with E-state index in [0.29, 0.717) is 34.3 Å². The van der Waals surface area contributed by atoms with Gasteiger partial charge in [0, 0.05) is 29.7 Å². The van der Waals surface area contributed by atoms with Gasteiger partial charge < -0.3 is 23.8 Å². The third kappa shape index (κ3) is 10.0. The maximum atomic E-state index is 14.4. The highest BCUT2D eigenvalue weighted by atomic mass is 32.7. The van der Waals surface area contributed by atoms with Crippen molar-refractivity contribution in [1.29, 1.82) is 5.26 Å². The number of rotatable bonds is 16. The van der Waals surface area contributed by atoms with E-state index in [9.17, 15) is 24.3 Å². The number of nitrogens with one attached hydrogen (secondary N) is 1. The molecule has 4 atom stereocenters. The van der Waals surface area contributed by atoms with E-state index in [-0.39, 0.29) is 54.6 Å². The molecule has 16 nitrogen and oxygen atoms in total. The Morgan fingerprint density at radius 1 is 0.831 bits per heavy atom. The molecule has 0 bridgehead atoms. The number of anilines is 3. The minimum atomic E-state index is -4.38. The molecule has 18 heteroatoms. The van der Waals surface area contributed by atoms with E-state index >= 15 is 0 Å². The highest BCUT2D eigenvalue weighted by Crippen LogP contribution is 2.59. The number of para-hydroxylation sites is 4. The van der Waals surface area contributed by atoms with Crippen molar-refractivity contribution in [3.05, 3.63) is 198 Å². The van der Waals surface area contributed by atoms with Crippen LogP contribution in [0.3, 0.4) is 0 Å². The topological polar surface area (TPSA) is 200 Å². The lowest BCUT2D eigenvalue weighted by atomic mass is 9.77. The lowest BCUT2D eigenvalue weighted by Gasteiger charge is -2.41. The smallest absolute Gasteiger partial charge is 0.425 e. The molecule has 6 aromatic carbocycles. The zero-order valence-corrected chi connectivity index (χ0v) is 39.5. The second-order valence-electron chi connectivity index (χ2n) is 16.4. The molecule has 2 amide bonds. The number of imidazole rings is 1. The van der Waals surface area contributed by atoms with Crippen molar-refractivity contribution in [2.75, 3.05) is 22.6 Å². The molecule has 0 spiro atoms.